The maximum Gasteiger partial charge on any atom is 0.277 e. The Labute approximate surface area is 73.2 Å². The molecule has 0 unspecified atom stereocenters. The van der Waals surface area contributed by atoms with Crippen LogP contribution in [0, 0.1) is 0 Å². The molecule has 0 aromatic carbocycles. The smallest absolute Gasteiger partial charge is 0.277 e. The number of imidazole rings is 1. The molecule has 13 heavy (non-hydrogen) atoms. The molecule has 0 bridgehead atoms. The van der Waals surface area contributed by atoms with E-state index in [2.05, 4.69) is 15.0 Å². The third-order valence-electron chi connectivity index (χ3n) is 1.68. The summed E-state index contributed by atoms with van der Waals surface area (Å²) >= 11 is 0. The van der Waals surface area contributed by atoms with Crippen LogP contribution < -0.4 is 5.56 Å². The topological polar surface area (TPSA) is 72.8 Å². The minimum Gasteiger partial charge on any atom is -0.364 e. The van der Waals surface area contributed by atoms with Crippen molar-refractivity contribution in [2.75, 3.05) is 7.11 Å². The monoisotopic (exact) mass is 180 g/mol. The zero-order valence-electron chi connectivity index (χ0n) is 7.02. The van der Waals surface area contributed by atoms with Crippen LogP contribution in [0.4, 0.5) is 0 Å². The molecule has 0 spiro atoms. The van der Waals surface area contributed by atoms with Gasteiger partial charge < -0.3 is 14.3 Å². The molecule has 0 saturated heterocycles. The van der Waals surface area contributed by atoms with Crippen molar-refractivity contribution < 1.29 is 4.74 Å². The molecule has 0 amide bonds. The van der Waals surface area contributed by atoms with Gasteiger partial charge in [0.2, 0.25) is 0 Å². The van der Waals surface area contributed by atoms with Crippen molar-refractivity contribution in [2.24, 2.45) is 0 Å². The maximum absolute atomic E-state index is 11.3. The summed E-state index contributed by atoms with van der Waals surface area (Å²) in [7, 11) is 1.55. The molecule has 6 nitrogen and oxygen atoms in total. The summed E-state index contributed by atoms with van der Waals surface area (Å²) in [5.41, 5.74) is 0.657. The predicted molar refractivity (Wildman–Crippen MR) is 45.2 cm³/mol. The minimum atomic E-state index is -0.209. The van der Waals surface area contributed by atoms with Crippen molar-refractivity contribution in [3.05, 3.63) is 23.0 Å². The van der Waals surface area contributed by atoms with Gasteiger partial charge in [-0.3, -0.25) is 4.79 Å². The molecule has 2 rings (SSSR count). The van der Waals surface area contributed by atoms with E-state index in [1.54, 1.807) is 11.7 Å². The molecule has 6 heteroatoms. The lowest BCUT2D eigenvalue weighted by Crippen LogP contribution is -2.11. The van der Waals surface area contributed by atoms with E-state index in [9.17, 15) is 4.79 Å². The first kappa shape index (κ1) is 7.93. The van der Waals surface area contributed by atoms with Crippen LogP contribution in [0.2, 0.25) is 0 Å². The fraction of sp³-hybridized carbons (Fsp3) is 0.286. The lowest BCUT2D eigenvalue weighted by atomic mass is 10.5. The number of hydrogen-bond donors (Lipinski definition) is 1. The third kappa shape index (κ3) is 1.20. The highest BCUT2D eigenvalue weighted by atomic mass is 16.5. The van der Waals surface area contributed by atoms with Crippen molar-refractivity contribution in [1.29, 1.82) is 0 Å². The standard InChI is InChI=1S/C7H8N4O2/c1-13-4-11-3-10-6-5(11)7(12)9-2-8-6/h2-3H,4H2,1H3,(H,8,9,12). The average Bonchev–Trinajstić information content (AvgIpc) is 2.51. The molecule has 0 radical (unpaired) electrons. The van der Waals surface area contributed by atoms with E-state index >= 15 is 0 Å². The molecular formula is C7H8N4O2. The Balaban J connectivity index is 2.71. The van der Waals surface area contributed by atoms with E-state index in [-0.39, 0.29) is 5.56 Å². The van der Waals surface area contributed by atoms with E-state index < -0.39 is 0 Å². The molecule has 2 aromatic rings. The van der Waals surface area contributed by atoms with Crippen LogP contribution in [0.1, 0.15) is 0 Å². The van der Waals surface area contributed by atoms with Crippen LogP contribution in [-0.4, -0.2) is 26.6 Å². The highest BCUT2D eigenvalue weighted by Crippen LogP contribution is 2.02. The number of aromatic amines is 1. The molecule has 2 aromatic heterocycles. The predicted octanol–water partition coefficient (Wildman–Crippen LogP) is -0.276. The summed E-state index contributed by atoms with van der Waals surface area (Å²) < 4.78 is 6.49. The van der Waals surface area contributed by atoms with Crippen molar-refractivity contribution >= 4 is 11.2 Å². The lowest BCUT2D eigenvalue weighted by Gasteiger charge is -1.98. The van der Waals surface area contributed by atoms with Crippen LogP contribution in [0.25, 0.3) is 11.2 Å². The van der Waals surface area contributed by atoms with Crippen molar-refractivity contribution in [3.63, 3.8) is 0 Å². The number of methoxy groups -OCH3 is 1. The van der Waals surface area contributed by atoms with E-state index in [0.29, 0.717) is 17.9 Å². The molecule has 0 aliphatic heterocycles. The second-order valence-corrected chi connectivity index (χ2v) is 2.54. The Bertz CT molecular complexity index is 473. The molecule has 0 atom stereocenters. The van der Waals surface area contributed by atoms with Crippen LogP contribution in [0.3, 0.4) is 0 Å². The van der Waals surface area contributed by atoms with Gasteiger partial charge in [-0.15, -0.1) is 0 Å². The van der Waals surface area contributed by atoms with E-state index in [4.69, 9.17) is 4.74 Å². The fourth-order valence-corrected chi connectivity index (χ4v) is 1.16. The van der Waals surface area contributed by atoms with E-state index in [1.807, 2.05) is 0 Å². The van der Waals surface area contributed by atoms with Gasteiger partial charge in [-0.1, -0.05) is 0 Å². The number of nitrogens with zero attached hydrogens (tertiary/aromatic N) is 3. The Morgan fingerprint density at radius 2 is 2.46 bits per heavy atom. The normalized spacial score (nSPS) is 10.8. The van der Waals surface area contributed by atoms with Crippen LogP contribution in [0.5, 0.6) is 0 Å². The number of rotatable bonds is 2. The number of aromatic nitrogens is 4. The molecule has 0 aliphatic carbocycles. The number of nitrogens with one attached hydrogen (secondary N) is 1. The summed E-state index contributed by atoms with van der Waals surface area (Å²) in [5.74, 6) is 0. The van der Waals surface area contributed by atoms with Gasteiger partial charge in [0, 0.05) is 7.11 Å². The molecular weight excluding hydrogens is 172 g/mol. The highest BCUT2D eigenvalue weighted by molar-refractivity contribution is 5.68. The highest BCUT2D eigenvalue weighted by Gasteiger charge is 2.05. The SMILES string of the molecule is COCn1cnc2nc[nH]c(=O)c21. The maximum atomic E-state index is 11.3. The summed E-state index contributed by atoms with van der Waals surface area (Å²) in [6.07, 6.45) is 2.85. The van der Waals surface area contributed by atoms with E-state index in [1.165, 1.54) is 12.7 Å². The molecule has 0 aliphatic rings. The largest absolute Gasteiger partial charge is 0.364 e. The second kappa shape index (κ2) is 2.98. The fourth-order valence-electron chi connectivity index (χ4n) is 1.16. The third-order valence-corrected chi connectivity index (χ3v) is 1.68. The number of hydrogen-bond acceptors (Lipinski definition) is 4. The Hall–Kier alpha value is -1.69. The van der Waals surface area contributed by atoms with Gasteiger partial charge in [0.05, 0.1) is 12.7 Å². The van der Waals surface area contributed by atoms with Gasteiger partial charge in [-0.2, -0.15) is 0 Å². The van der Waals surface area contributed by atoms with Crippen LogP contribution in [-0.2, 0) is 11.5 Å². The quantitative estimate of drug-likeness (QED) is 0.690. The van der Waals surface area contributed by atoms with Crippen molar-refractivity contribution in [1.82, 2.24) is 19.5 Å². The first-order valence-electron chi connectivity index (χ1n) is 3.70. The summed E-state index contributed by atoms with van der Waals surface area (Å²) in [6, 6.07) is 0. The summed E-state index contributed by atoms with van der Waals surface area (Å²) in [6.45, 7) is 0.297. The number of ether oxygens (including phenoxy) is 1. The minimum absolute atomic E-state index is 0.209. The van der Waals surface area contributed by atoms with E-state index in [0.717, 1.165) is 0 Å². The molecule has 2 heterocycles. The lowest BCUT2D eigenvalue weighted by molar-refractivity contribution is 0.134. The van der Waals surface area contributed by atoms with Crippen LogP contribution in [0.15, 0.2) is 17.4 Å². The zero-order valence-corrected chi connectivity index (χ0v) is 7.02. The van der Waals surface area contributed by atoms with Gasteiger partial charge in [-0.25, -0.2) is 9.97 Å². The molecule has 1 N–H and O–H groups in total. The number of H-pyrrole nitrogens is 1. The first-order chi connectivity index (χ1) is 6.33. The Morgan fingerprint density at radius 3 is 3.23 bits per heavy atom. The molecule has 68 valence electrons. The van der Waals surface area contributed by atoms with Crippen LogP contribution >= 0.6 is 0 Å². The zero-order chi connectivity index (χ0) is 9.26. The Kier molecular flexibility index (Phi) is 1.82. The van der Waals surface area contributed by atoms with Gasteiger partial charge in [0.25, 0.3) is 5.56 Å². The first-order valence-corrected chi connectivity index (χ1v) is 3.70. The summed E-state index contributed by atoms with van der Waals surface area (Å²) in [5, 5.41) is 0. The molecule has 0 saturated carbocycles. The van der Waals surface area contributed by atoms with Gasteiger partial charge in [-0.05, 0) is 0 Å². The van der Waals surface area contributed by atoms with Gasteiger partial charge >= 0.3 is 0 Å². The second-order valence-electron chi connectivity index (χ2n) is 2.54. The van der Waals surface area contributed by atoms with Gasteiger partial charge in [0.1, 0.15) is 6.73 Å². The summed E-state index contributed by atoms with van der Waals surface area (Å²) in [4.78, 5) is 21.7. The van der Waals surface area contributed by atoms with Crippen molar-refractivity contribution in [3.8, 4) is 0 Å². The van der Waals surface area contributed by atoms with Gasteiger partial charge in [0.15, 0.2) is 11.2 Å². The molecule has 0 fully saturated rings. The number of fused-ring (bicyclic) bond motifs is 1. The Morgan fingerprint density at radius 1 is 1.62 bits per heavy atom. The average molecular weight is 180 g/mol. The van der Waals surface area contributed by atoms with Crippen molar-refractivity contribution in [2.45, 2.75) is 6.73 Å².